The fraction of sp³-hybridized carbons (Fsp3) is 0.250. The minimum absolute atomic E-state index is 0.608. The molecule has 17 heavy (non-hydrogen) atoms. The Labute approximate surface area is 112 Å². The first-order valence-electron chi connectivity index (χ1n) is 6.05. The van der Waals surface area contributed by atoms with Gasteiger partial charge in [-0.1, -0.05) is 76.6 Å². The van der Waals surface area contributed by atoms with Crippen LogP contribution in [-0.4, -0.2) is 5.33 Å². The number of rotatable bonds is 5. The van der Waals surface area contributed by atoms with Crippen molar-refractivity contribution in [1.29, 1.82) is 0 Å². The maximum atomic E-state index is 3.63. The summed E-state index contributed by atoms with van der Waals surface area (Å²) in [7, 11) is 0. The molecule has 0 N–H and O–H groups in total. The van der Waals surface area contributed by atoms with Crippen molar-refractivity contribution in [2.75, 3.05) is 5.33 Å². The standard InChI is InChI=1S/C16H17Br/c17-13-16(15-9-5-2-6-10-15)12-11-14-7-3-1-4-8-14/h1-10,16H,11-13H2. The number of benzene rings is 2. The number of hydrogen-bond donors (Lipinski definition) is 0. The van der Waals surface area contributed by atoms with Crippen LogP contribution in [0, 0.1) is 0 Å². The molecule has 0 saturated heterocycles. The van der Waals surface area contributed by atoms with Crippen LogP contribution in [0.5, 0.6) is 0 Å². The fourth-order valence-electron chi connectivity index (χ4n) is 2.04. The highest BCUT2D eigenvalue weighted by atomic mass is 79.9. The van der Waals surface area contributed by atoms with Gasteiger partial charge in [0.15, 0.2) is 0 Å². The molecular formula is C16H17Br. The van der Waals surface area contributed by atoms with E-state index in [0.717, 1.165) is 11.8 Å². The molecule has 0 fully saturated rings. The van der Waals surface area contributed by atoms with E-state index in [1.807, 2.05) is 0 Å². The Kier molecular flexibility index (Phi) is 4.81. The van der Waals surface area contributed by atoms with Crippen LogP contribution in [0.3, 0.4) is 0 Å². The van der Waals surface area contributed by atoms with Gasteiger partial charge < -0.3 is 0 Å². The van der Waals surface area contributed by atoms with Gasteiger partial charge in [-0.05, 0) is 29.9 Å². The van der Waals surface area contributed by atoms with E-state index in [2.05, 4.69) is 76.6 Å². The van der Waals surface area contributed by atoms with E-state index in [1.165, 1.54) is 17.5 Å². The lowest BCUT2D eigenvalue weighted by Crippen LogP contribution is -2.02. The average Bonchev–Trinajstić information content (AvgIpc) is 2.42. The largest absolute Gasteiger partial charge is 0.0921 e. The highest BCUT2D eigenvalue weighted by Gasteiger charge is 2.09. The average molecular weight is 289 g/mol. The maximum Gasteiger partial charge on any atom is 0.0100 e. The second kappa shape index (κ2) is 6.61. The van der Waals surface area contributed by atoms with Gasteiger partial charge in [0.25, 0.3) is 0 Å². The summed E-state index contributed by atoms with van der Waals surface area (Å²) >= 11 is 3.63. The molecule has 0 aliphatic carbocycles. The summed E-state index contributed by atoms with van der Waals surface area (Å²) in [5.41, 5.74) is 2.86. The Hall–Kier alpha value is -1.08. The molecule has 88 valence electrons. The lowest BCUT2D eigenvalue weighted by Gasteiger charge is -2.14. The quantitative estimate of drug-likeness (QED) is 0.694. The normalized spacial score (nSPS) is 12.3. The van der Waals surface area contributed by atoms with E-state index in [0.29, 0.717) is 5.92 Å². The third-order valence-electron chi connectivity index (χ3n) is 3.08. The first-order chi connectivity index (χ1) is 8.40. The van der Waals surface area contributed by atoms with E-state index in [1.54, 1.807) is 0 Å². The summed E-state index contributed by atoms with van der Waals surface area (Å²) < 4.78 is 0. The third-order valence-corrected chi connectivity index (χ3v) is 3.86. The molecule has 0 heterocycles. The van der Waals surface area contributed by atoms with E-state index in [-0.39, 0.29) is 0 Å². The topological polar surface area (TPSA) is 0 Å². The molecule has 0 saturated carbocycles. The Morgan fingerprint density at radius 1 is 0.824 bits per heavy atom. The summed E-state index contributed by atoms with van der Waals surface area (Å²) in [6, 6.07) is 21.5. The Morgan fingerprint density at radius 3 is 2.00 bits per heavy atom. The van der Waals surface area contributed by atoms with Crippen molar-refractivity contribution >= 4 is 15.9 Å². The molecule has 1 unspecified atom stereocenters. The van der Waals surface area contributed by atoms with Crippen LogP contribution in [0.15, 0.2) is 60.7 Å². The molecule has 0 radical (unpaired) electrons. The zero-order valence-electron chi connectivity index (χ0n) is 9.85. The van der Waals surface area contributed by atoms with Crippen molar-refractivity contribution in [3.8, 4) is 0 Å². The second-order valence-corrected chi connectivity index (χ2v) is 4.93. The Morgan fingerprint density at radius 2 is 1.41 bits per heavy atom. The summed E-state index contributed by atoms with van der Waals surface area (Å²) in [4.78, 5) is 0. The van der Waals surface area contributed by atoms with Gasteiger partial charge in [0.1, 0.15) is 0 Å². The number of halogens is 1. The van der Waals surface area contributed by atoms with Crippen LogP contribution in [-0.2, 0) is 6.42 Å². The Bertz CT molecular complexity index is 422. The first kappa shape index (κ1) is 12.4. The third kappa shape index (κ3) is 3.71. The second-order valence-electron chi connectivity index (χ2n) is 4.29. The molecule has 1 atom stereocenters. The molecule has 2 rings (SSSR count). The zero-order chi connectivity index (χ0) is 11.9. The molecule has 1 heteroatoms. The first-order valence-corrected chi connectivity index (χ1v) is 7.17. The fourth-order valence-corrected chi connectivity index (χ4v) is 2.74. The van der Waals surface area contributed by atoms with Crippen LogP contribution < -0.4 is 0 Å². The minimum atomic E-state index is 0.608. The number of hydrogen-bond acceptors (Lipinski definition) is 0. The zero-order valence-corrected chi connectivity index (χ0v) is 11.4. The van der Waals surface area contributed by atoms with Crippen molar-refractivity contribution < 1.29 is 0 Å². The van der Waals surface area contributed by atoms with E-state index in [4.69, 9.17) is 0 Å². The number of alkyl halides is 1. The van der Waals surface area contributed by atoms with Gasteiger partial charge in [-0.15, -0.1) is 0 Å². The molecule has 0 aliphatic rings. The molecule has 2 aromatic rings. The van der Waals surface area contributed by atoms with Gasteiger partial charge in [0.05, 0.1) is 0 Å². The van der Waals surface area contributed by atoms with E-state index >= 15 is 0 Å². The van der Waals surface area contributed by atoms with Crippen LogP contribution in [0.1, 0.15) is 23.5 Å². The van der Waals surface area contributed by atoms with Crippen molar-refractivity contribution in [2.24, 2.45) is 0 Å². The molecule has 0 spiro atoms. The molecule has 0 aliphatic heterocycles. The molecule has 0 bridgehead atoms. The smallest absolute Gasteiger partial charge is 0.0100 e. The van der Waals surface area contributed by atoms with Gasteiger partial charge in [-0.25, -0.2) is 0 Å². The van der Waals surface area contributed by atoms with E-state index in [9.17, 15) is 0 Å². The van der Waals surface area contributed by atoms with Crippen molar-refractivity contribution in [3.63, 3.8) is 0 Å². The molecule has 2 aromatic carbocycles. The van der Waals surface area contributed by atoms with Crippen LogP contribution >= 0.6 is 15.9 Å². The summed E-state index contributed by atoms with van der Waals surface area (Å²) in [6.07, 6.45) is 2.34. The van der Waals surface area contributed by atoms with Gasteiger partial charge in [-0.3, -0.25) is 0 Å². The Balaban J connectivity index is 1.97. The van der Waals surface area contributed by atoms with Gasteiger partial charge in [-0.2, -0.15) is 0 Å². The lowest BCUT2D eigenvalue weighted by molar-refractivity contribution is 0.692. The monoisotopic (exact) mass is 288 g/mol. The number of aryl methyl sites for hydroxylation is 1. The van der Waals surface area contributed by atoms with Crippen LogP contribution in [0.4, 0.5) is 0 Å². The molecular weight excluding hydrogens is 272 g/mol. The summed E-state index contributed by atoms with van der Waals surface area (Å²) in [5.74, 6) is 0.608. The molecule has 0 aromatic heterocycles. The summed E-state index contributed by atoms with van der Waals surface area (Å²) in [5, 5.41) is 1.03. The van der Waals surface area contributed by atoms with Crippen LogP contribution in [0.25, 0.3) is 0 Å². The predicted molar refractivity (Wildman–Crippen MR) is 77.7 cm³/mol. The van der Waals surface area contributed by atoms with Gasteiger partial charge in [0, 0.05) is 5.33 Å². The minimum Gasteiger partial charge on any atom is -0.0921 e. The van der Waals surface area contributed by atoms with E-state index < -0.39 is 0 Å². The highest BCUT2D eigenvalue weighted by Crippen LogP contribution is 2.23. The van der Waals surface area contributed by atoms with Gasteiger partial charge >= 0.3 is 0 Å². The highest BCUT2D eigenvalue weighted by molar-refractivity contribution is 9.09. The maximum absolute atomic E-state index is 3.63. The van der Waals surface area contributed by atoms with Crippen molar-refractivity contribution in [1.82, 2.24) is 0 Å². The lowest BCUT2D eigenvalue weighted by atomic mass is 9.94. The van der Waals surface area contributed by atoms with Crippen molar-refractivity contribution in [3.05, 3.63) is 71.8 Å². The summed E-state index contributed by atoms with van der Waals surface area (Å²) in [6.45, 7) is 0. The molecule has 0 amide bonds. The van der Waals surface area contributed by atoms with Crippen molar-refractivity contribution in [2.45, 2.75) is 18.8 Å². The predicted octanol–water partition coefficient (Wildman–Crippen LogP) is 4.80. The van der Waals surface area contributed by atoms with Gasteiger partial charge in [0.2, 0.25) is 0 Å². The molecule has 0 nitrogen and oxygen atoms in total. The SMILES string of the molecule is BrCC(CCc1ccccc1)c1ccccc1. The van der Waals surface area contributed by atoms with Crippen LogP contribution in [0.2, 0.25) is 0 Å².